The molecule has 2 heterocycles. The second-order valence-electron chi connectivity index (χ2n) is 6.63. The third kappa shape index (κ3) is 3.99. The van der Waals surface area contributed by atoms with E-state index in [0.29, 0.717) is 18.0 Å². The van der Waals surface area contributed by atoms with Gasteiger partial charge in [0.2, 0.25) is 10.0 Å². The lowest BCUT2D eigenvalue weighted by Crippen LogP contribution is -2.42. The first-order valence-corrected chi connectivity index (χ1v) is 9.94. The molecular formula is C18H24N4O2S. The minimum absolute atomic E-state index is 0.209. The van der Waals surface area contributed by atoms with Gasteiger partial charge in [-0.15, -0.1) is 5.10 Å². The fourth-order valence-electron chi connectivity index (χ4n) is 2.93. The van der Waals surface area contributed by atoms with Gasteiger partial charge < -0.3 is 5.32 Å². The van der Waals surface area contributed by atoms with E-state index in [1.807, 2.05) is 39.0 Å². The SMILES string of the molecule is Cc1ccc(S(=O)(=O)N2CCC(Nc3cc(C)c(C)nn3)CC2)cc1. The molecule has 3 rings (SSSR count). The van der Waals surface area contributed by atoms with Gasteiger partial charge in [0.15, 0.2) is 0 Å². The standard InChI is InChI=1S/C18H24N4O2S/c1-13-4-6-17(7-5-13)25(23,24)22-10-8-16(9-11-22)19-18-12-14(2)15(3)20-21-18/h4-7,12,16H,8-11H2,1-3H3,(H,19,21). The Labute approximate surface area is 149 Å². The molecule has 7 heteroatoms. The van der Waals surface area contributed by atoms with E-state index in [-0.39, 0.29) is 6.04 Å². The molecule has 1 aromatic carbocycles. The van der Waals surface area contributed by atoms with Crippen molar-refractivity contribution in [1.82, 2.24) is 14.5 Å². The summed E-state index contributed by atoms with van der Waals surface area (Å²) in [6.45, 7) is 6.90. The van der Waals surface area contributed by atoms with E-state index in [0.717, 1.165) is 35.5 Å². The predicted octanol–water partition coefficient (Wildman–Crippen LogP) is 2.67. The number of hydrogen-bond donors (Lipinski definition) is 1. The Bertz CT molecular complexity index is 842. The molecule has 1 fully saturated rings. The monoisotopic (exact) mass is 360 g/mol. The van der Waals surface area contributed by atoms with Gasteiger partial charge >= 0.3 is 0 Å². The highest BCUT2D eigenvalue weighted by Gasteiger charge is 2.29. The average molecular weight is 360 g/mol. The first-order chi connectivity index (χ1) is 11.9. The molecule has 1 saturated heterocycles. The number of anilines is 1. The first-order valence-electron chi connectivity index (χ1n) is 8.50. The minimum Gasteiger partial charge on any atom is -0.366 e. The number of rotatable bonds is 4. The lowest BCUT2D eigenvalue weighted by molar-refractivity contribution is 0.329. The molecule has 1 aliphatic rings. The molecule has 134 valence electrons. The predicted molar refractivity (Wildman–Crippen MR) is 98.1 cm³/mol. The molecule has 0 spiro atoms. The Morgan fingerprint density at radius 2 is 1.68 bits per heavy atom. The lowest BCUT2D eigenvalue weighted by Gasteiger charge is -2.31. The summed E-state index contributed by atoms with van der Waals surface area (Å²) in [6.07, 6.45) is 1.50. The second kappa shape index (κ2) is 7.09. The van der Waals surface area contributed by atoms with Gasteiger partial charge in [-0.05, 0) is 57.4 Å². The Morgan fingerprint density at radius 3 is 2.28 bits per heavy atom. The zero-order chi connectivity index (χ0) is 18.0. The van der Waals surface area contributed by atoms with Gasteiger partial charge in [-0.25, -0.2) is 8.42 Å². The van der Waals surface area contributed by atoms with Crippen LogP contribution in [-0.4, -0.2) is 42.1 Å². The maximum atomic E-state index is 12.7. The van der Waals surface area contributed by atoms with Crippen LogP contribution >= 0.6 is 0 Å². The summed E-state index contributed by atoms with van der Waals surface area (Å²) in [4.78, 5) is 0.365. The minimum atomic E-state index is -3.41. The maximum absolute atomic E-state index is 12.7. The van der Waals surface area contributed by atoms with Gasteiger partial charge in [-0.2, -0.15) is 9.40 Å². The van der Waals surface area contributed by atoms with Crippen molar-refractivity contribution in [2.45, 2.75) is 44.6 Å². The lowest BCUT2D eigenvalue weighted by atomic mass is 10.1. The highest BCUT2D eigenvalue weighted by molar-refractivity contribution is 7.89. The number of benzene rings is 1. The number of aryl methyl sites for hydroxylation is 3. The number of nitrogens with one attached hydrogen (secondary N) is 1. The van der Waals surface area contributed by atoms with Crippen LogP contribution in [0, 0.1) is 20.8 Å². The largest absolute Gasteiger partial charge is 0.366 e. The van der Waals surface area contributed by atoms with Crippen LogP contribution in [0.4, 0.5) is 5.82 Å². The molecule has 1 aromatic heterocycles. The van der Waals surface area contributed by atoms with E-state index in [9.17, 15) is 8.42 Å². The maximum Gasteiger partial charge on any atom is 0.243 e. The summed E-state index contributed by atoms with van der Waals surface area (Å²) in [5.41, 5.74) is 3.07. The molecule has 0 amide bonds. The van der Waals surface area contributed by atoms with Crippen LogP contribution in [0.5, 0.6) is 0 Å². The molecule has 1 N–H and O–H groups in total. The van der Waals surface area contributed by atoms with Gasteiger partial charge in [0.25, 0.3) is 0 Å². The number of sulfonamides is 1. The summed E-state index contributed by atoms with van der Waals surface area (Å²) < 4.78 is 27.0. The molecule has 0 bridgehead atoms. The van der Waals surface area contributed by atoms with E-state index in [2.05, 4.69) is 15.5 Å². The van der Waals surface area contributed by atoms with Gasteiger partial charge in [0.05, 0.1) is 10.6 Å². The van der Waals surface area contributed by atoms with Crippen molar-refractivity contribution in [3.63, 3.8) is 0 Å². The van der Waals surface area contributed by atoms with Crippen molar-refractivity contribution in [1.29, 1.82) is 0 Å². The Kier molecular flexibility index (Phi) is 5.06. The van der Waals surface area contributed by atoms with Crippen molar-refractivity contribution < 1.29 is 8.42 Å². The van der Waals surface area contributed by atoms with Crippen molar-refractivity contribution in [3.8, 4) is 0 Å². The Balaban J connectivity index is 1.63. The summed E-state index contributed by atoms with van der Waals surface area (Å²) >= 11 is 0. The normalized spacial score (nSPS) is 16.8. The van der Waals surface area contributed by atoms with Crippen molar-refractivity contribution in [3.05, 3.63) is 47.2 Å². The summed E-state index contributed by atoms with van der Waals surface area (Å²) in [6, 6.07) is 9.22. The van der Waals surface area contributed by atoms with Gasteiger partial charge in [0, 0.05) is 19.1 Å². The Morgan fingerprint density at radius 1 is 1.04 bits per heavy atom. The van der Waals surface area contributed by atoms with E-state index in [1.165, 1.54) is 0 Å². The fraction of sp³-hybridized carbons (Fsp3) is 0.444. The van der Waals surface area contributed by atoms with E-state index >= 15 is 0 Å². The van der Waals surface area contributed by atoms with Gasteiger partial charge in [-0.1, -0.05) is 17.7 Å². The molecule has 0 atom stereocenters. The summed E-state index contributed by atoms with van der Waals surface area (Å²) in [5.74, 6) is 0.753. The van der Waals surface area contributed by atoms with Crippen LogP contribution in [0.2, 0.25) is 0 Å². The molecule has 2 aromatic rings. The van der Waals surface area contributed by atoms with Crippen LogP contribution in [0.15, 0.2) is 35.2 Å². The second-order valence-corrected chi connectivity index (χ2v) is 8.57. The molecule has 0 unspecified atom stereocenters. The topological polar surface area (TPSA) is 75.2 Å². The molecule has 6 nitrogen and oxygen atoms in total. The van der Waals surface area contributed by atoms with Crippen molar-refractivity contribution >= 4 is 15.8 Å². The van der Waals surface area contributed by atoms with Crippen LogP contribution < -0.4 is 5.32 Å². The zero-order valence-electron chi connectivity index (χ0n) is 14.9. The highest BCUT2D eigenvalue weighted by Crippen LogP contribution is 2.22. The molecule has 0 saturated carbocycles. The average Bonchev–Trinajstić information content (AvgIpc) is 2.59. The number of aromatic nitrogens is 2. The third-order valence-electron chi connectivity index (χ3n) is 4.70. The number of nitrogens with zero attached hydrogens (tertiary/aromatic N) is 3. The molecule has 0 aliphatic carbocycles. The van der Waals surface area contributed by atoms with Crippen LogP contribution in [0.25, 0.3) is 0 Å². The molecular weight excluding hydrogens is 336 g/mol. The van der Waals surface area contributed by atoms with E-state index < -0.39 is 10.0 Å². The van der Waals surface area contributed by atoms with Crippen LogP contribution in [-0.2, 0) is 10.0 Å². The Hall–Kier alpha value is -1.99. The first kappa shape index (κ1) is 17.8. The summed E-state index contributed by atoms with van der Waals surface area (Å²) in [5, 5.41) is 11.7. The summed E-state index contributed by atoms with van der Waals surface area (Å²) in [7, 11) is -3.41. The number of hydrogen-bond acceptors (Lipinski definition) is 5. The zero-order valence-corrected chi connectivity index (χ0v) is 15.7. The van der Waals surface area contributed by atoms with Gasteiger partial charge in [0.1, 0.15) is 5.82 Å². The highest BCUT2D eigenvalue weighted by atomic mass is 32.2. The van der Waals surface area contributed by atoms with Crippen LogP contribution in [0.3, 0.4) is 0 Å². The van der Waals surface area contributed by atoms with Crippen LogP contribution in [0.1, 0.15) is 29.7 Å². The molecule has 1 aliphatic heterocycles. The molecule has 25 heavy (non-hydrogen) atoms. The van der Waals surface area contributed by atoms with E-state index in [4.69, 9.17) is 0 Å². The molecule has 0 radical (unpaired) electrons. The fourth-order valence-corrected chi connectivity index (χ4v) is 4.40. The van der Waals surface area contributed by atoms with Crippen molar-refractivity contribution in [2.24, 2.45) is 0 Å². The quantitative estimate of drug-likeness (QED) is 0.907. The van der Waals surface area contributed by atoms with Crippen molar-refractivity contribution in [2.75, 3.05) is 18.4 Å². The smallest absolute Gasteiger partial charge is 0.243 e. The van der Waals surface area contributed by atoms with E-state index in [1.54, 1.807) is 16.4 Å². The number of piperidine rings is 1. The van der Waals surface area contributed by atoms with Gasteiger partial charge in [-0.3, -0.25) is 0 Å². The third-order valence-corrected chi connectivity index (χ3v) is 6.61.